The molecule has 1 atom stereocenters. The lowest BCUT2D eigenvalue weighted by atomic mass is 9.84. The Balaban J connectivity index is 1.80. The molecule has 8 heteroatoms. The van der Waals surface area contributed by atoms with Crippen molar-refractivity contribution in [2.24, 2.45) is 0 Å². The van der Waals surface area contributed by atoms with Gasteiger partial charge >= 0.3 is 0 Å². The van der Waals surface area contributed by atoms with Gasteiger partial charge in [0.1, 0.15) is 5.58 Å². The van der Waals surface area contributed by atoms with Gasteiger partial charge in [-0.15, -0.1) is 11.3 Å². The molecule has 0 radical (unpaired) electrons. The predicted octanol–water partition coefficient (Wildman–Crippen LogP) is 4.45. The van der Waals surface area contributed by atoms with E-state index in [0.717, 1.165) is 16.1 Å². The highest BCUT2D eigenvalue weighted by Crippen LogP contribution is 2.54. The maximum absolute atomic E-state index is 14.3. The number of carbonyl (C=O) groups excluding carboxylic acids is 2. The minimum Gasteiger partial charge on any atom is -0.450 e. The van der Waals surface area contributed by atoms with E-state index >= 15 is 0 Å². The Labute approximate surface area is 199 Å². The third-order valence-corrected chi connectivity index (χ3v) is 7.86. The first-order chi connectivity index (χ1) is 16.3. The summed E-state index contributed by atoms with van der Waals surface area (Å²) < 4.78 is 6.07. The van der Waals surface area contributed by atoms with Crippen LogP contribution >= 0.6 is 11.3 Å². The Morgan fingerprint density at radius 1 is 1.06 bits per heavy atom. The number of nitrogens with zero attached hydrogens (tertiary/aromatic N) is 3. The summed E-state index contributed by atoms with van der Waals surface area (Å²) in [5.74, 6) is -0.995. The number of aromatic nitrogens is 1. The summed E-state index contributed by atoms with van der Waals surface area (Å²) in [7, 11) is 0. The molecule has 0 N–H and O–H groups in total. The molecule has 170 valence electrons. The molecular formula is C26H21N3O4S. The second-order valence-corrected chi connectivity index (χ2v) is 9.87. The van der Waals surface area contributed by atoms with Crippen molar-refractivity contribution >= 4 is 44.9 Å². The maximum Gasteiger partial charge on any atom is 0.297 e. The van der Waals surface area contributed by atoms with Crippen LogP contribution in [0.25, 0.3) is 11.0 Å². The molecule has 0 saturated carbocycles. The molecule has 4 aromatic rings. The summed E-state index contributed by atoms with van der Waals surface area (Å²) in [5, 5.41) is 0.714. The minimum atomic E-state index is -1.67. The number of hydrogen-bond acceptors (Lipinski definition) is 6. The average molecular weight is 472 g/mol. The van der Waals surface area contributed by atoms with E-state index in [0.29, 0.717) is 33.9 Å². The van der Waals surface area contributed by atoms with Crippen molar-refractivity contribution in [3.63, 3.8) is 0 Å². The highest BCUT2D eigenvalue weighted by Gasteiger charge is 2.66. The average Bonchev–Trinajstić information content (AvgIpc) is 3.38. The van der Waals surface area contributed by atoms with Crippen LogP contribution in [0.4, 0.5) is 10.8 Å². The van der Waals surface area contributed by atoms with Crippen LogP contribution in [0, 0.1) is 20.8 Å². The molecule has 6 rings (SSSR count). The third kappa shape index (κ3) is 2.36. The molecule has 2 aliphatic heterocycles. The van der Waals surface area contributed by atoms with Gasteiger partial charge in [0.25, 0.3) is 11.8 Å². The summed E-state index contributed by atoms with van der Waals surface area (Å²) in [5.41, 5.74) is 1.25. The Morgan fingerprint density at radius 3 is 2.53 bits per heavy atom. The van der Waals surface area contributed by atoms with Crippen LogP contribution in [0.3, 0.4) is 0 Å². The van der Waals surface area contributed by atoms with E-state index in [9.17, 15) is 14.4 Å². The van der Waals surface area contributed by atoms with Crippen molar-refractivity contribution in [3.05, 3.63) is 85.7 Å². The number of para-hydroxylation sites is 1. The van der Waals surface area contributed by atoms with E-state index in [1.54, 1.807) is 17.0 Å². The van der Waals surface area contributed by atoms with Crippen LogP contribution in [0.2, 0.25) is 0 Å². The Kier molecular flexibility index (Phi) is 4.20. The summed E-state index contributed by atoms with van der Waals surface area (Å²) in [4.78, 5) is 50.9. The van der Waals surface area contributed by atoms with Gasteiger partial charge in [0.15, 0.2) is 16.1 Å². The number of hydrogen-bond donors (Lipinski definition) is 0. The normalized spacial score (nSPS) is 18.9. The van der Waals surface area contributed by atoms with Crippen LogP contribution < -0.4 is 15.2 Å². The first-order valence-electron chi connectivity index (χ1n) is 11.1. The van der Waals surface area contributed by atoms with Gasteiger partial charge in [-0.05, 0) is 45.9 Å². The van der Waals surface area contributed by atoms with Crippen LogP contribution in [0.15, 0.2) is 51.7 Å². The number of likely N-dealkylation sites (N-methyl/N-ethyl adjacent to an activating group) is 1. The number of benzene rings is 2. The fourth-order valence-corrected chi connectivity index (χ4v) is 6.10. The summed E-state index contributed by atoms with van der Waals surface area (Å²) in [6.07, 6.45) is 0. The summed E-state index contributed by atoms with van der Waals surface area (Å²) in [6.45, 7) is 7.93. The van der Waals surface area contributed by atoms with Crippen molar-refractivity contribution in [1.82, 2.24) is 4.98 Å². The lowest BCUT2D eigenvalue weighted by Gasteiger charge is -2.32. The van der Waals surface area contributed by atoms with Gasteiger partial charge in [0, 0.05) is 17.0 Å². The molecule has 2 amide bonds. The Morgan fingerprint density at radius 2 is 1.82 bits per heavy atom. The zero-order valence-electron chi connectivity index (χ0n) is 19.1. The molecule has 0 aliphatic carbocycles. The molecule has 2 aromatic heterocycles. The van der Waals surface area contributed by atoms with Gasteiger partial charge in [-0.1, -0.05) is 29.8 Å². The van der Waals surface area contributed by atoms with Gasteiger partial charge in [-0.2, -0.15) is 0 Å². The largest absolute Gasteiger partial charge is 0.450 e. The van der Waals surface area contributed by atoms with E-state index in [2.05, 4.69) is 4.98 Å². The molecule has 34 heavy (non-hydrogen) atoms. The first kappa shape index (κ1) is 20.8. The van der Waals surface area contributed by atoms with E-state index in [1.807, 2.05) is 58.0 Å². The zero-order valence-corrected chi connectivity index (χ0v) is 19.9. The smallest absolute Gasteiger partial charge is 0.297 e. The van der Waals surface area contributed by atoms with E-state index in [4.69, 9.17) is 4.42 Å². The number of thiazole rings is 1. The number of rotatable bonds is 2. The van der Waals surface area contributed by atoms with Crippen molar-refractivity contribution < 1.29 is 14.0 Å². The van der Waals surface area contributed by atoms with Gasteiger partial charge in [0.2, 0.25) is 5.76 Å². The van der Waals surface area contributed by atoms with Crippen molar-refractivity contribution in [3.8, 4) is 0 Å². The molecule has 1 unspecified atom stereocenters. The molecule has 4 heterocycles. The topological polar surface area (TPSA) is 83.7 Å². The minimum absolute atomic E-state index is 0.0644. The second-order valence-electron chi connectivity index (χ2n) is 8.69. The monoisotopic (exact) mass is 471 g/mol. The SMILES string of the molecule is CCN1C(=O)C2(c3ccccc31)c1c(oc3ccc(C)cc3c1=O)C(=O)N2c1nc(C)c(C)s1. The van der Waals surface area contributed by atoms with Crippen molar-refractivity contribution in [2.45, 2.75) is 33.2 Å². The first-order valence-corrected chi connectivity index (χ1v) is 11.9. The Hall–Kier alpha value is -3.78. The number of anilines is 2. The van der Waals surface area contributed by atoms with Crippen molar-refractivity contribution in [2.75, 3.05) is 16.3 Å². The number of carbonyl (C=O) groups is 2. The number of aryl methyl sites for hydroxylation is 3. The summed E-state index contributed by atoms with van der Waals surface area (Å²) in [6, 6.07) is 12.6. The zero-order chi connectivity index (χ0) is 23.9. The highest BCUT2D eigenvalue weighted by atomic mass is 32.1. The predicted molar refractivity (Wildman–Crippen MR) is 131 cm³/mol. The lowest BCUT2D eigenvalue weighted by molar-refractivity contribution is -0.121. The standard InChI is InChI=1S/C26H21N3O4S/c1-5-28-18-9-7-6-8-17(18)26(24(28)32)20-21(30)16-12-13(2)10-11-19(16)33-22(20)23(31)29(26)25-27-14(3)15(4)34-25/h6-12H,5H2,1-4H3. The molecule has 1 spiro atoms. The maximum atomic E-state index is 14.3. The number of fused-ring (bicyclic) bond motifs is 5. The fourth-order valence-electron chi connectivity index (χ4n) is 5.14. The van der Waals surface area contributed by atoms with E-state index < -0.39 is 11.4 Å². The van der Waals surface area contributed by atoms with E-state index in [-0.39, 0.29) is 22.7 Å². The second kappa shape index (κ2) is 6.87. The summed E-state index contributed by atoms with van der Waals surface area (Å²) >= 11 is 1.32. The molecule has 7 nitrogen and oxygen atoms in total. The van der Waals surface area contributed by atoms with Crippen LogP contribution in [0.1, 0.15) is 44.7 Å². The van der Waals surface area contributed by atoms with E-state index in [1.165, 1.54) is 16.2 Å². The van der Waals surface area contributed by atoms with Crippen LogP contribution in [-0.4, -0.2) is 23.3 Å². The quantitative estimate of drug-likeness (QED) is 0.431. The highest BCUT2D eigenvalue weighted by molar-refractivity contribution is 7.16. The molecule has 0 fully saturated rings. The van der Waals surface area contributed by atoms with Gasteiger partial charge in [-0.25, -0.2) is 4.98 Å². The molecule has 2 aromatic carbocycles. The van der Waals surface area contributed by atoms with Crippen molar-refractivity contribution in [1.29, 1.82) is 0 Å². The van der Waals surface area contributed by atoms with Gasteiger partial charge < -0.3 is 9.32 Å². The molecule has 2 aliphatic rings. The van der Waals surface area contributed by atoms with Crippen LogP contribution in [-0.2, 0) is 10.3 Å². The van der Waals surface area contributed by atoms with Crippen LogP contribution in [0.5, 0.6) is 0 Å². The molecule has 0 bridgehead atoms. The number of amides is 2. The van der Waals surface area contributed by atoms with Gasteiger partial charge in [-0.3, -0.25) is 19.3 Å². The third-order valence-electron chi connectivity index (χ3n) is 6.80. The lowest BCUT2D eigenvalue weighted by Crippen LogP contribution is -2.53. The Bertz CT molecular complexity index is 1600. The fraction of sp³-hybridized carbons (Fsp3) is 0.231. The van der Waals surface area contributed by atoms with Gasteiger partial charge in [0.05, 0.1) is 22.3 Å². The molecule has 0 saturated heterocycles. The molecular weight excluding hydrogens is 450 g/mol.